The highest BCUT2D eigenvalue weighted by Gasteiger charge is 2.19. The van der Waals surface area contributed by atoms with Crippen molar-refractivity contribution in [3.63, 3.8) is 0 Å². The van der Waals surface area contributed by atoms with Gasteiger partial charge in [0, 0.05) is 16.7 Å². The second kappa shape index (κ2) is 7.09. The van der Waals surface area contributed by atoms with E-state index >= 15 is 0 Å². The van der Waals surface area contributed by atoms with Crippen LogP contribution >= 0.6 is 22.6 Å². The maximum absolute atomic E-state index is 11.9. The topological polar surface area (TPSA) is 47.6 Å². The van der Waals surface area contributed by atoms with E-state index < -0.39 is 6.10 Å². The van der Waals surface area contributed by atoms with Crippen molar-refractivity contribution in [2.24, 2.45) is 0 Å². The summed E-state index contributed by atoms with van der Waals surface area (Å²) < 4.78 is 12.2. The summed E-state index contributed by atoms with van der Waals surface area (Å²) in [4.78, 5) is 11.9. The van der Waals surface area contributed by atoms with Crippen LogP contribution in [-0.2, 0) is 9.53 Å². The van der Waals surface area contributed by atoms with Gasteiger partial charge >= 0.3 is 0 Å². The fourth-order valence-electron chi connectivity index (χ4n) is 1.93. The van der Waals surface area contributed by atoms with Gasteiger partial charge in [-0.2, -0.15) is 0 Å². The summed E-state index contributed by atoms with van der Waals surface area (Å²) in [5.41, 5.74) is 0. The Kier molecular flexibility index (Phi) is 5.45. The molecule has 1 aromatic carbocycles. The maximum atomic E-state index is 11.9. The smallest absolute Gasteiger partial charge is 0.260 e. The Morgan fingerprint density at radius 1 is 1.53 bits per heavy atom. The zero-order valence-corrected chi connectivity index (χ0v) is 13.1. The van der Waals surface area contributed by atoms with Gasteiger partial charge in [0.05, 0.1) is 6.10 Å². The fraction of sp³-hybridized carbons (Fsp3) is 0.500. The van der Waals surface area contributed by atoms with E-state index in [0.717, 1.165) is 23.0 Å². The van der Waals surface area contributed by atoms with Crippen LogP contribution in [0.3, 0.4) is 0 Å². The van der Waals surface area contributed by atoms with E-state index in [2.05, 4.69) is 27.9 Å². The summed E-state index contributed by atoms with van der Waals surface area (Å²) in [5.74, 6) is 0.606. The van der Waals surface area contributed by atoms with Gasteiger partial charge in [0.25, 0.3) is 5.91 Å². The lowest BCUT2D eigenvalue weighted by Gasteiger charge is -2.16. The zero-order chi connectivity index (χ0) is 13.7. The summed E-state index contributed by atoms with van der Waals surface area (Å²) in [6.07, 6.45) is 1.76. The van der Waals surface area contributed by atoms with Crippen LogP contribution in [-0.4, -0.2) is 31.3 Å². The van der Waals surface area contributed by atoms with E-state index in [9.17, 15) is 4.79 Å². The molecule has 1 fully saturated rings. The van der Waals surface area contributed by atoms with Crippen LogP contribution in [0.2, 0.25) is 0 Å². The Balaban J connectivity index is 1.76. The monoisotopic (exact) mass is 375 g/mol. The molecular weight excluding hydrogens is 357 g/mol. The Labute approximate surface area is 127 Å². The molecule has 1 amide bonds. The maximum Gasteiger partial charge on any atom is 0.260 e. The molecule has 4 nitrogen and oxygen atoms in total. The van der Waals surface area contributed by atoms with E-state index in [-0.39, 0.29) is 12.0 Å². The van der Waals surface area contributed by atoms with Gasteiger partial charge < -0.3 is 14.8 Å². The molecule has 1 N–H and O–H groups in total. The molecular formula is C14H18INO3. The van der Waals surface area contributed by atoms with Crippen molar-refractivity contribution >= 4 is 28.5 Å². The molecule has 0 radical (unpaired) electrons. The van der Waals surface area contributed by atoms with Crippen LogP contribution in [0.4, 0.5) is 0 Å². The molecule has 104 valence electrons. The Morgan fingerprint density at radius 2 is 2.26 bits per heavy atom. The third-order valence-electron chi connectivity index (χ3n) is 3.02. The van der Waals surface area contributed by atoms with E-state index in [4.69, 9.17) is 9.47 Å². The molecule has 19 heavy (non-hydrogen) atoms. The molecule has 5 heteroatoms. The molecule has 0 bridgehead atoms. The van der Waals surface area contributed by atoms with Crippen molar-refractivity contribution in [2.45, 2.75) is 32.0 Å². The highest BCUT2D eigenvalue weighted by Crippen LogP contribution is 2.15. The van der Waals surface area contributed by atoms with E-state index in [1.165, 1.54) is 0 Å². The molecule has 0 aromatic heterocycles. The number of amides is 1. The highest BCUT2D eigenvalue weighted by molar-refractivity contribution is 14.1. The average Bonchev–Trinajstić information content (AvgIpc) is 2.91. The Hall–Kier alpha value is -0.820. The molecule has 1 aliphatic rings. The highest BCUT2D eigenvalue weighted by atomic mass is 127. The number of halogens is 1. The number of ether oxygens (including phenoxy) is 2. The third kappa shape index (κ3) is 4.65. The molecule has 1 saturated heterocycles. The normalized spacial score (nSPS) is 20.0. The third-order valence-corrected chi connectivity index (χ3v) is 3.74. The molecule has 0 spiro atoms. The van der Waals surface area contributed by atoms with Crippen LogP contribution in [0, 0.1) is 3.57 Å². The predicted molar refractivity (Wildman–Crippen MR) is 81.2 cm³/mol. The largest absolute Gasteiger partial charge is 0.481 e. The van der Waals surface area contributed by atoms with Crippen LogP contribution in [0.15, 0.2) is 24.3 Å². The number of nitrogens with one attached hydrogen (secondary N) is 1. The van der Waals surface area contributed by atoms with Crippen molar-refractivity contribution in [2.75, 3.05) is 13.2 Å². The second-order valence-corrected chi connectivity index (χ2v) is 5.84. The summed E-state index contributed by atoms with van der Waals surface area (Å²) in [7, 11) is 0. The minimum atomic E-state index is -0.499. The van der Waals surface area contributed by atoms with E-state index in [0.29, 0.717) is 12.3 Å². The van der Waals surface area contributed by atoms with Crippen molar-refractivity contribution in [3.8, 4) is 5.75 Å². The van der Waals surface area contributed by atoms with Gasteiger partial charge in [-0.25, -0.2) is 0 Å². The predicted octanol–water partition coefficient (Wildman–Crippen LogP) is 2.35. The molecule has 1 aromatic rings. The minimum Gasteiger partial charge on any atom is -0.481 e. The van der Waals surface area contributed by atoms with Crippen molar-refractivity contribution in [1.29, 1.82) is 0 Å². The van der Waals surface area contributed by atoms with Crippen molar-refractivity contribution < 1.29 is 14.3 Å². The summed E-state index contributed by atoms with van der Waals surface area (Å²) >= 11 is 2.23. The summed E-state index contributed by atoms with van der Waals surface area (Å²) in [5, 5.41) is 2.87. The molecule has 2 atom stereocenters. The van der Waals surface area contributed by atoms with E-state index in [1.54, 1.807) is 6.92 Å². The van der Waals surface area contributed by atoms with Crippen LogP contribution < -0.4 is 10.1 Å². The van der Waals surface area contributed by atoms with Gasteiger partial charge in [0.2, 0.25) is 0 Å². The second-order valence-electron chi connectivity index (χ2n) is 4.59. The zero-order valence-electron chi connectivity index (χ0n) is 10.9. The number of hydrogen-bond donors (Lipinski definition) is 1. The summed E-state index contributed by atoms with van der Waals surface area (Å²) in [6, 6.07) is 7.64. The van der Waals surface area contributed by atoms with Gasteiger partial charge in [-0.1, -0.05) is 0 Å². The van der Waals surface area contributed by atoms with Crippen molar-refractivity contribution in [1.82, 2.24) is 5.32 Å². The first kappa shape index (κ1) is 14.6. The standard InChI is InChI=1S/C14H18INO3/c1-10(19-12-6-4-11(15)5-7-12)14(17)16-9-13-3-2-8-18-13/h4-7,10,13H,2-3,8-9H2,1H3,(H,16,17). The number of carbonyl (C=O) groups excluding carboxylic acids is 1. The number of benzene rings is 1. The lowest BCUT2D eigenvalue weighted by atomic mass is 10.2. The number of carbonyl (C=O) groups is 1. The first-order valence-corrected chi connectivity index (χ1v) is 7.54. The van der Waals surface area contributed by atoms with Gasteiger partial charge in [0.1, 0.15) is 5.75 Å². The lowest BCUT2D eigenvalue weighted by molar-refractivity contribution is -0.127. The SMILES string of the molecule is CC(Oc1ccc(I)cc1)C(=O)NCC1CCCO1. The van der Waals surface area contributed by atoms with Crippen molar-refractivity contribution in [3.05, 3.63) is 27.8 Å². The lowest BCUT2D eigenvalue weighted by Crippen LogP contribution is -2.40. The van der Waals surface area contributed by atoms with Crippen LogP contribution in [0.25, 0.3) is 0 Å². The number of hydrogen-bond acceptors (Lipinski definition) is 3. The van der Waals surface area contributed by atoms with Gasteiger partial charge in [-0.3, -0.25) is 4.79 Å². The quantitative estimate of drug-likeness (QED) is 0.804. The molecule has 1 heterocycles. The van der Waals surface area contributed by atoms with E-state index in [1.807, 2.05) is 24.3 Å². The molecule has 2 rings (SSSR count). The Bertz CT molecular complexity index is 415. The molecule has 2 unspecified atom stereocenters. The van der Waals surface area contributed by atoms with Crippen LogP contribution in [0.5, 0.6) is 5.75 Å². The van der Waals surface area contributed by atoms with Gasteiger partial charge in [0.15, 0.2) is 6.10 Å². The first-order chi connectivity index (χ1) is 9.15. The van der Waals surface area contributed by atoms with Gasteiger partial charge in [-0.15, -0.1) is 0 Å². The van der Waals surface area contributed by atoms with Gasteiger partial charge in [-0.05, 0) is 66.6 Å². The average molecular weight is 375 g/mol. The molecule has 0 aliphatic carbocycles. The molecule has 0 saturated carbocycles. The minimum absolute atomic E-state index is 0.103. The summed E-state index contributed by atoms with van der Waals surface area (Å²) in [6.45, 7) is 3.12. The first-order valence-electron chi connectivity index (χ1n) is 6.46. The Morgan fingerprint density at radius 3 is 2.89 bits per heavy atom. The number of rotatable bonds is 5. The molecule has 1 aliphatic heterocycles. The van der Waals surface area contributed by atoms with Crippen LogP contribution in [0.1, 0.15) is 19.8 Å². The fourth-order valence-corrected chi connectivity index (χ4v) is 2.29.